The van der Waals surface area contributed by atoms with Gasteiger partial charge in [-0.25, -0.2) is 4.79 Å². The minimum atomic E-state index is -0.845. The number of aromatic carboxylic acids is 1. The summed E-state index contributed by atoms with van der Waals surface area (Å²) < 4.78 is 0. The largest absolute Gasteiger partial charge is 0.478 e. The Balaban J connectivity index is 3.04. The van der Waals surface area contributed by atoms with Crippen LogP contribution in [-0.4, -0.2) is 11.1 Å². The summed E-state index contributed by atoms with van der Waals surface area (Å²) in [5, 5.41) is 8.83. The number of hydrogen-bond acceptors (Lipinski definition) is 1. The van der Waals surface area contributed by atoms with Crippen LogP contribution in [0.5, 0.6) is 0 Å². The highest BCUT2D eigenvalue weighted by atomic mass is 16.4. The first-order valence-electron chi connectivity index (χ1n) is 5.04. The molecule has 0 aliphatic carbocycles. The minimum Gasteiger partial charge on any atom is -0.478 e. The lowest BCUT2D eigenvalue weighted by molar-refractivity contribution is 0.0697. The maximum Gasteiger partial charge on any atom is 0.335 e. The Morgan fingerprint density at radius 1 is 1.29 bits per heavy atom. The van der Waals surface area contributed by atoms with Crippen LogP contribution in [0, 0.1) is 0 Å². The highest BCUT2D eigenvalue weighted by molar-refractivity contribution is 5.87. The van der Waals surface area contributed by atoms with E-state index in [1.165, 1.54) is 5.56 Å². The Hall–Kier alpha value is -1.31. The number of hydrogen-bond donors (Lipinski definition) is 1. The van der Waals surface area contributed by atoms with Crippen LogP contribution in [0.2, 0.25) is 0 Å². The second-order valence-corrected chi connectivity index (χ2v) is 3.39. The van der Waals surface area contributed by atoms with Crippen molar-refractivity contribution >= 4 is 5.97 Å². The van der Waals surface area contributed by atoms with E-state index in [2.05, 4.69) is 13.8 Å². The zero-order chi connectivity index (χ0) is 10.6. The lowest BCUT2D eigenvalue weighted by Crippen LogP contribution is -2.00. The second kappa shape index (κ2) is 4.80. The van der Waals surface area contributed by atoms with Gasteiger partial charge in [0.1, 0.15) is 0 Å². The third kappa shape index (κ3) is 2.34. The van der Waals surface area contributed by atoms with Crippen molar-refractivity contribution in [3.63, 3.8) is 0 Å². The molecule has 1 rings (SSSR count). The van der Waals surface area contributed by atoms with E-state index < -0.39 is 5.97 Å². The summed E-state index contributed by atoms with van der Waals surface area (Å²) in [6.45, 7) is 4.19. The average Bonchev–Trinajstić information content (AvgIpc) is 2.18. The summed E-state index contributed by atoms with van der Waals surface area (Å²) in [5.74, 6) is -0.845. The molecule has 0 fully saturated rings. The molecule has 1 aromatic rings. The zero-order valence-electron chi connectivity index (χ0n) is 8.71. The molecule has 2 heteroatoms. The van der Waals surface area contributed by atoms with E-state index in [-0.39, 0.29) is 0 Å². The van der Waals surface area contributed by atoms with Gasteiger partial charge in [0.2, 0.25) is 0 Å². The highest BCUT2D eigenvalue weighted by Gasteiger charge is 2.06. The minimum absolute atomic E-state index is 0.390. The smallest absolute Gasteiger partial charge is 0.335 e. The first-order chi connectivity index (χ1) is 6.69. The molecule has 0 heterocycles. The van der Waals surface area contributed by atoms with Crippen LogP contribution < -0.4 is 0 Å². The van der Waals surface area contributed by atoms with Crippen LogP contribution in [0.3, 0.4) is 0 Å². The molecule has 0 aliphatic rings. The van der Waals surface area contributed by atoms with Gasteiger partial charge in [-0.1, -0.05) is 26.3 Å². The molecule has 0 spiro atoms. The van der Waals surface area contributed by atoms with E-state index in [4.69, 9.17) is 5.11 Å². The lowest BCUT2D eigenvalue weighted by atomic mass is 9.99. The van der Waals surface area contributed by atoms with Crippen LogP contribution in [0.25, 0.3) is 0 Å². The summed E-state index contributed by atoms with van der Waals surface area (Å²) in [7, 11) is 0. The summed E-state index contributed by atoms with van der Waals surface area (Å²) in [6.07, 6.45) is 3.03. The fourth-order valence-corrected chi connectivity index (χ4v) is 1.60. The van der Waals surface area contributed by atoms with Crippen LogP contribution >= 0.6 is 0 Å². The molecule has 0 aromatic heterocycles. The fraction of sp³-hybridized carbons (Fsp3) is 0.417. The maximum atomic E-state index is 10.7. The van der Waals surface area contributed by atoms with Gasteiger partial charge >= 0.3 is 5.97 Å². The van der Waals surface area contributed by atoms with Crippen molar-refractivity contribution in [3.8, 4) is 0 Å². The molecule has 76 valence electrons. The first kappa shape index (κ1) is 10.8. The number of aryl methyl sites for hydroxylation is 2. The van der Waals surface area contributed by atoms with Crippen molar-refractivity contribution < 1.29 is 9.90 Å². The Morgan fingerprint density at radius 3 is 2.50 bits per heavy atom. The average molecular weight is 192 g/mol. The van der Waals surface area contributed by atoms with Crippen molar-refractivity contribution in [2.45, 2.75) is 33.1 Å². The zero-order valence-corrected chi connectivity index (χ0v) is 8.71. The van der Waals surface area contributed by atoms with E-state index in [1.807, 2.05) is 6.07 Å². The van der Waals surface area contributed by atoms with Crippen LogP contribution in [0.15, 0.2) is 18.2 Å². The Kier molecular flexibility index (Phi) is 3.69. The predicted molar refractivity (Wildman–Crippen MR) is 56.8 cm³/mol. The molecule has 14 heavy (non-hydrogen) atoms. The lowest BCUT2D eigenvalue weighted by Gasteiger charge is -2.07. The molecule has 0 aliphatic heterocycles. The first-order valence-corrected chi connectivity index (χ1v) is 5.04. The molecule has 0 atom stereocenters. The van der Waals surface area contributed by atoms with Crippen LogP contribution in [-0.2, 0) is 12.8 Å². The van der Waals surface area contributed by atoms with Gasteiger partial charge in [-0.15, -0.1) is 0 Å². The van der Waals surface area contributed by atoms with Crippen molar-refractivity contribution in [2.24, 2.45) is 0 Å². The van der Waals surface area contributed by atoms with E-state index in [0.717, 1.165) is 24.8 Å². The normalized spacial score (nSPS) is 10.1. The molecule has 1 N–H and O–H groups in total. The van der Waals surface area contributed by atoms with Gasteiger partial charge in [-0.2, -0.15) is 0 Å². The third-order valence-corrected chi connectivity index (χ3v) is 2.35. The molecular weight excluding hydrogens is 176 g/mol. The van der Waals surface area contributed by atoms with Gasteiger partial charge in [0.25, 0.3) is 0 Å². The second-order valence-electron chi connectivity index (χ2n) is 3.39. The van der Waals surface area contributed by atoms with E-state index in [1.54, 1.807) is 12.1 Å². The third-order valence-electron chi connectivity index (χ3n) is 2.35. The number of carboxylic acid groups (broad SMARTS) is 1. The van der Waals surface area contributed by atoms with Gasteiger partial charge in [-0.3, -0.25) is 0 Å². The van der Waals surface area contributed by atoms with Gasteiger partial charge < -0.3 is 5.11 Å². The molecule has 2 nitrogen and oxygen atoms in total. The van der Waals surface area contributed by atoms with Crippen molar-refractivity contribution in [1.82, 2.24) is 0 Å². The van der Waals surface area contributed by atoms with E-state index >= 15 is 0 Å². The quantitative estimate of drug-likeness (QED) is 0.796. The molecule has 0 saturated heterocycles. The SMILES string of the molecule is CCCc1ccc(C(=O)O)cc1CC. The molecule has 0 radical (unpaired) electrons. The van der Waals surface area contributed by atoms with Gasteiger partial charge in [0.05, 0.1) is 5.56 Å². The summed E-state index contributed by atoms with van der Waals surface area (Å²) >= 11 is 0. The predicted octanol–water partition coefficient (Wildman–Crippen LogP) is 2.90. The Labute approximate surface area is 84.6 Å². The van der Waals surface area contributed by atoms with Crippen molar-refractivity contribution in [1.29, 1.82) is 0 Å². The Bertz CT molecular complexity index is 329. The molecule has 1 aromatic carbocycles. The number of benzene rings is 1. The monoisotopic (exact) mass is 192 g/mol. The van der Waals surface area contributed by atoms with Gasteiger partial charge in [0.15, 0.2) is 0 Å². The fourth-order valence-electron chi connectivity index (χ4n) is 1.60. The highest BCUT2D eigenvalue weighted by Crippen LogP contribution is 2.14. The topological polar surface area (TPSA) is 37.3 Å². The van der Waals surface area contributed by atoms with E-state index in [0.29, 0.717) is 5.56 Å². The van der Waals surface area contributed by atoms with Crippen LogP contribution in [0.4, 0.5) is 0 Å². The summed E-state index contributed by atoms with van der Waals surface area (Å²) in [6, 6.07) is 5.41. The standard InChI is InChI=1S/C12H16O2/c1-3-5-10-6-7-11(12(13)14)8-9(10)4-2/h6-8H,3-5H2,1-2H3,(H,13,14). The molecular formula is C12H16O2. The number of carboxylic acids is 1. The summed E-state index contributed by atoms with van der Waals surface area (Å²) in [5.41, 5.74) is 2.83. The van der Waals surface area contributed by atoms with Gasteiger partial charge in [0, 0.05) is 0 Å². The maximum absolute atomic E-state index is 10.7. The molecule has 0 unspecified atom stereocenters. The molecule has 0 saturated carbocycles. The molecule has 0 bridgehead atoms. The summed E-state index contributed by atoms with van der Waals surface area (Å²) in [4.78, 5) is 10.7. The van der Waals surface area contributed by atoms with Crippen LogP contribution in [0.1, 0.15) is 41.8 Å². The Morgan fingerprint density at radius 2 is 2.00 bits per heavy atom. The van der Waals surface area contributed by atoms with E-state index in [9.17, 15) is 4.79 Å². The van der Waals surface area contributed by atoms with Crippen molar-refractivity contribution in [2.75, 3.05) is 0 Å². The van der Waals surface area contributed by atoms with Crippen molar-refractivity contribution in [3.05, 3.63) is 34.9 Å². The number of rotatable bonds is 4. The van der Waals surface area contributed by atoms with Gasteiger partial charge in [-0.05, 0) is 36.1 Å². The molecule has 0 amide bonds. The number of carbonyl (C=O) groups is 1.